The van der Waals surface area contributed by atoms with Crippen molar-refractivity contribution in [3.05, 3.63) is 90.3 Å². The Morgan fingerprint density at radius 2 is 1.09 bits per heavy atom. The van der Waals surface area contributed by atoms with Crippen molar-refractivity contribution in [3.63, 3.8) is 0 Å². The summed E-state index contributed by atoms with van der Waals surface area (Å²) in [7, 11) is 0. The molecule has 0 aromatic carbocycles. The van der Waals surface area contributed by atoms with Crippen LogP contribution in [0.3, 0.4) is 0 Å². The highest BCUT2D eigenvalue weighted by Crippen LogP contribution is 1.96. The molecule has 6 heteroatoms. The normalized spacial score (nSPS) is 7.68. The molecule has 3 heterocycles. The average molecular weight is 470 g/mol. The number of aromatic nitrogens is 3. The van der Waals surface area contributed by atoms with Crippen LogP contribution in [0.1, 0.15) is 101 Å². The Hall–Kier alpha value is -3.54. The van der Waals surface area contributed by atoms with Gasteiger partial charge < -0.3 is 0 Å². The fraction of sp³-hybridized carbons (Fsp3) is 0.357. The molecule has 3 aromatic heterocycles. The number of pyridine rings is 3. The molecule has 0 spiro atoms. The molecule has 0 saturated carbocycles. The fourth-order valence-corrected chi connectivity index (χ4v) is 1.73. The minimum Gasteiger partial charge on any atom is -0.295 e. The molecule has 0 radical (unpaired) electrons. The van der Waals surface area contributed by atoms with Gasteiger partial charge in [0.25, 0.3) is 0 Å². The van der Waals surface area contributed by atoms with Crippen LogP contribution in [0.5, 0.6) is 0 Å². The maximum Gasteiger partial charge on any atom is 0.178 e. The first-order valence-electron chi connectivity index (χ1n) is 11.2. The zero-order valence-corrected chi connectivity index (χ0v) is 21.5. The van der Waals surface area contributed by atoms with Gasteiger partial charge in [0.05, 0.1) is 0 Å². The fourth-order valence-electron chi connectivity index (χ4n) is 1.73. The van der Waals surface area contributed by atoms with Gasteiger partial charge in [-0.15, -0.1) is 0 Å². The van der Waals surface area contributed by atoms with Crippen molar-refractivity contribution >= 4 is 17.3 Å². The number of rotatable bonds is 3. The van der Waals surface area contributed by atoms with Crippen LogP contribution in [0.15, 0.2) is 73.4 Å². The molecule has 0 bridgehead atoms. The molecule has 0 fully saturated rings. The summed E-state index contributed by atoms with van der Waals surface area (Å²) in [6, 6.07) is 12.2. The summed E-state index contributed by atoms with van der Waals surface area (Å²) in [5.74, 6) is 0.149. The van der Waals surface area contributed by atoms with Crippen molar-refractivity contribution in [2.24, 2.45) is 0 Å². The van der Waals surface area contributed by atoms with Crippen LogP contribution in [-0.2, 0) is 0 Å². The summed E-state index contributed by atoms with van der Waals surface area (Å²) in [5, 5.41) is 0. The topological polar surface area (TPSA) is 89.9 Å². The molecule has 0 aliphatic carbocycles. The first kappa shape index (κ1) is 37.8. The molecular weight excluding hydrogens is 426 g/mol. The van der Waals surface area contributed by atoms with Gasteiger partial charge in [0.1, 0.15) is 5.69 Å². The first-order valence-corrected chi connectivity index (χ1v) is 11.2. The number of hydrogen-bond acceptors (Lipinski definition) is 6. The van der Waals surface area contributed by atoms with Crippen LogP contribution >= 0.6 is 0 Å². The summed E-state index contributed by atoms with van der Waals surface area (Å²) in [5.41, 5.74) is 1.90. The summed E-state index contributed by atoms with van der Waals surface area (Å²) in [6.45, 7) is 16.6. The van der Waals surface area contributed by atoms with E-state index >= 15 is 0 Å². The van der Waals surface area contributed by atoms with Gasteiger partial charge in [0, 0.05) is 49.0 Å². The SMILES string of the molecule is C.CC.CC.CC.CC(=O)c1ccccn1.CC(=O)c1cccnc1.CC(=O)c1ccncc1. The Kier molecular flexibility index (Phi) is 30.5. The summed E-state index contributed by atoms with van der Waals surface area (Å²) in [4.78, 5) is 43.2. The maximum absolute atomic E-state index is 10.6. The highest BCUT2D eigenvalue weighted by Gasteiger charge is 1.95. The zero-order chi connectivity index (χ0) is 26.1. The number of carbonyl (C=O) groups excluding carboxylic acids is 3. The van der Waals surface area contributed by atoms with Crippen LogP contribution in [-0.4, -0.2) is 32.3 Å². The van der Waals surface area contributed by atoms with E-state index in [1.165, 1.54) is 20.8 Å². The molecule has 0 aliphatic heterocycles. The second-order valence-electron chi connectivity index (χ2n) is 5.36. The molecule has 0 unspecified atom stereocenters. The van der Waals surface area contributed by atoms with Crippen molar-refractivity contribution in [1.82, 2.24) is 15.0 Å². The van der Waals surface area contributed by atoms with E-state index in [-0.39, 0.29) is 24.8 Å². The van der Waals surface area contributed by atoms with Gasteiger partial charge in [-0.1, -0.05) is 55.0 Å². The summed E-state index contributed by atoms with van der Waals surface area (Å²) < 4.78 is 0. The van der Waals surface area contributed by atoms with Crippen molar-refractivity contribution in [3.8, 4) is 0 Å². The van der Waals surface area contributed by atoms with E-state index in [2.05, 4.69) is 15.0 Å². The van der Waals surface area contributed by atoms with Gasteiger partial charge >= 0.3 is 0 Å². The predicted molar refractivity (Wildman–Crippen MR) is 143 cm³/mol. The maximum atomic E-state index is 10.6. The van der Waals surface area contributed by atoms with Crippen LogP contribution in [0, 0.1) is 0 Å². The molecule has 0 saturated heterocycles. The van der Waals surface area contributed by atoms with Crippen molar-refractivity contribution in [2.45, 2.75) is 69.7 Å². The Morgan fingerprint density at radius 1 is 0.559 bits per heavy atom. The molecule has 0 atom stereocenters. The van der Waals surface area contributed by atoms with E-state index in [1.807, 2.05) is 41.5 Å². The van der Waals surface area contributed by atoms with E-state index in [0.29, 0.717) is 16.8 Å². The predicted octanol–water partition coefficient (Wildman–Crippen LogP) is 7.57. The zero-order valence-electron chi connectivity index (χ0n) is 21.5. The average Bonchev–Trinajstić information content (AvgIpc) is 2.90. The van der Waals surface area contributed by atoms with Crippen LogP contribution in [0.4, 0.5) is 0 Å². The Labute approximate surface area is 206 Å². The largest absolute Gasteiger partial charge is 0.295 e. The van der Waals surface area contributed by atoms with E-state index in [0.717, 1.165) is 0 Å². The van der Waals surface area contributed by atoms with Gasteiger partial charge in [-0.25, -0.2) is 0 Å². The number of hydrogen-bond donors (Lipinski definition) is 0. The third kappa shape index (κ3) is 20.4. The molecule has 6 nitrogen and oxygen atoms in total. The van der Waals surface area contributed by atoms with Crippen molar-refractivity contribution in [1.29, 1.82) is 0 Å². The molecule has 34 heavy (non-hydrogen) atoms. The van der Waals surface area contributed by atoms with Gasteiger partial charge in [-0.2, -0.15) is 0 Å². The quantitative estimate of drug-likeness (QED) is 0.367. The lowest BCUT2D eigenvalue weighted by Crippen LogP contribution is -1.93. The molecule has 0 N–H and O–H groups in total. The van der Waals surface area contributed by atoms with E-state index in [4.69, 9.17) is 0 Å². The first-order chi connectivity index (χ1) is 15.9. The molecule has 0 aliphatic rings. The lowest BCUT2D eigenvalue weighted by atomic mass is 10.2. The number of ketones is 3. The molecule has 188 valence electrons. The van der Waals surface area contributed by atoms with Gasteiger partial charge in [-0.05, 0) is 50.2 Å². The van der Waals surface area contributed by atoms with Crippen molar-refractivity contribution < 1.29 is 14.4 Å². The molecular formula is C28H43N3O3. The van der Waals surface area contributed by atoms with Gasteiger partial charge in [0.2, 0.25) is 0 Å². The van der Waals surface area contributed by atoms with E-state index < -0.39 is 0 Å². The van der Waals surface area contributed by atoms with E-state index in [9.17, 15) is 14.4 Å². The van der Waals surface area contributed by atoms with Crippen LogP contribution in [0.2, 0.25) is 0 Å². The van der Waals surface area contributed by atoms with Crippen LogP contribution in [0.25, 0.3) is 0 Å². The van der Waals surface area contributed by atoms with E-state index in [1.54, 1.807) is 73.4 Å². The molecule has 3 aromatic rings. The lowest BCUT2D eigenvalue weighted by Gasteiger charge is -1.88. The standard InChI is InChI=1S/3C7H7NO.3C2H6.CH4/c1-6(9)7-2-4-8-5-3-7;1-6(9)7-3-2-4-8-5-7;1-6(9)7-4-2-3-5-8-7;3*1-2;/h3*2-5H,1H3;3*1-2H3;1H4. The number of nitrogens with zero attached hydrogens (tertiary/aromatic N) is 3. The Balaban J connectivity index is -0.000000176. The second-order valence-corrected chi connectivity index (χ2v) is 5.36. The second kappa shape index (κ2) is 27.5. The lowest BCUT2D eigenvalue weighted by molar-refractivity contribution is 0.100. The minimum atomic E-state index is 0. The molecule has 3 rings (SSSR count). The van der Waals surface area contributed by atoms with Crippen molar-refractivity contribution in [2.75, 3.05) is 0 Å². The smallest absolute Gasteiger partial charge is 0.178 e. The highest BCUT2D eigenvalue weighted by molar-refractivity contribution is 5.94. The Bertz CT molecular complexity index is 736. The summed E-state index contributed by atoms with van der Waals surface area (Å²) >= 11 is 0. The van der Waals surface area contributed by atoms with Gasteiger partial charge in [-0.3, -0.25) is 29.3 Å². The number of carbonyl (C=O) groups is 3. The third-order valence-electron chi connectivity index (χ3n) is 3.18. The summed E-state index contributed by atoms with van der Waals surface area (Å²) in [6.07, 6.45) is 8.03. The monoisotopic (exact) mass is 469 g/mol. The minimum absolute atomic E-state index is 0. The Morgan fingerprint density at radius 3 is 1.35 bits per heavy atom. The van der Waals surface area contributed by atoms with Gasteiger partial charge in [0.15, 0.2) is 17.3 Å². The van der Waals surface area contributed by atoms with Crippen LogP contribution < -0.4 is 0 Å². The third-order valence-corrected chi connectivity index (χ3v) is 3.18. The molecule has 0 amide bonds. The number of Topliss-reactive ketones (excluding diaryl/α,β-unsaturated/α-hetero) is 3. The highest BCUT2D eigenvalue weighted by atomic mass is 16.1.